The van der Waals surface area contributed by atoms with Gasteiger partial charge in [-0.3, -0.25) is 14.5 Å². The number of nitrogens with zero attached hydrogens (tertiary/aromatic N) is 4. The summed E-state index contributed by atoms with van der Waals surface area (Å²) in [6, 6.07) is 16.8. The number of thioether (sulfide) groups is 1. The van der Waals surface area contributed by atoms with Gasteiger partial charge in [-0.2, -0.15) is 5.26 Å². The van der Waals surface area contributed by atoms with Crippen LogP contribution in [0, 0.1) is 16.7 Å². The molecule has 0 radical (unpaired) electrons. The van der Waals surface area contributed by atoms with E-state index >= 15 is 0 Å². The van der Waals surface area contributed by atoms with Gasteiger partial charge in [0.1, 0.15) is 17.3 Å². The number of nitrogens with two attached hydrogens (primary N) is 1. The third-order valence-electron chi connectivity index (χ3n) is 7.13. The molecule has 1 amide bonds. The molecular formula is C30H30N6O4S2. The normalized spacial score (nSPS) is 17.9. The standard InChI is InChI=1S/C30H30N6O4S2/c1-30(2)13-20-26(21(37)14-30)25(17-9-5-7-11-22(17)39-3)18(15-31)27(32)36(20)28-34-35-29(42-28)41-16-24(38)33-19-10-6-8-12-23(19)40-4/h5-12,25H,13-14,16,32H2,1-4H3,(H,33,38). The number of methoxy groups -OCH3 is 2. The van der Waals surface area contributed by atoms with Crippen molar-refractivity contribution in [3.63, 3.8) is 0 Å². The first-order valence-corrected chi connectivity index (χ1v) is 15.0. The Hall–Kier alpha value is -4.34. The number of hydrogen-bond donors (Lipinski definition) is 2. The van der Waals surface area contributed by atoms with Gasteiger partial charge in [-0.1, -0.05) is 67.3 Å². The molecule has 1 aliphatic heterocycles. The first-order valence-electron chi connectivity index (χ1n) is 13.2. The van der Waals surface area contributed by atoms with Crippen LogP contribution in [0.3, 0.4) is 0 Å². The number of nitriles is 1. The number of rotatable bonds is 8. The fourth-order valence-electron chi connectivity index (χ4n) is 5.36. The van der Waals surface area contributed by atoms with Crippen LogP contribution in [0.25, 0.3) is 0 Å². The summed E-state index contributed by atoms with van der Waals surface area (Å²) >= 11 is 2.47. The molecule has 3 aromatic rings. The number of hydrogen-bond acceptors (Lipinski definition) is 11. The summed E-state index contributed by atoms with van der Waals surface area (Å²) in [6.07, 6.45) is 0.880. The van der Waals surface area contributed by atoms with E-state index in [0.717, 1.165) is 0 Å². The van der Waals surface area contributed by atoms with E-state index in [1.54, 1.807) is 31.3 Å². The number of carbonyl (C=O) groups excluding carboxylic acids is 2. The molecule has 216 valence electrons. The molecule has 0 saturated heterocycles. The van der Waals surface area contributed by atoms with E-state index in [9.17, 15) is 14.9 Å². The minimum Gasteiger partial charge on any atom is -0.496 e. The lowest BCUT2D eigenvalue weighted by Gasteiger charge is -2.42. The van der Waals surface area contributed by atoms with Crippen LogP contribution in [0.4, 0.5) is 10.8 Å². The van der Waals surface area contributed by atoms with E-state index in [0.29, 0.717) is 56.3 Å². The van der Waals surface area contributed by atoms with Gasteiger partial charge < -0.3 is 20.5 Å². The van der Waals surface area contributed by atoms with Gasteiger partial charge in [0.25, 0.3) is 0 Å². The lowest BCUT2D eigenvalue weighted by molar-refractivity contribution is -0.118. The van der Waals surface area contributed by atoms with Gasteiger partial charge in [-0.25, -0.2) is 0 Å². The Labute approximate surface area is 252 Å². The van der Waals surface area contributed by atoms with E-state index < -0.39 is 5.92 Å². The number of carbonyl (C=O) groups is 2. The molecule has 3 N–H and O–H groups in total. The second kappa shape index (κ2) is 11.9. The fraction of sp³-hybridized carbons (Fsp3) is 0.300. The number of amides is 1. The summed E-state index contributed by atoms with van der Waals surface area (Å²) in [5.41, 5.74) is 9.13. The number of benzene rings is 2. The van der Waals surface area contributed by atoms with Crippen LogP contribution in [0.5, 0.6) is 11.5 Å². The summed E-state index contributed by atoms with van der Waals surface area (Å²) in [5.74, 6) is 0.485. The van der Waals surface area contributed by atoms with E-state index in [-0.39, 0.29) is 34.3 Å². The molecule has 0 spiro atoms. The monoisotopic (exact) mass is 602 g/mol. The largest absolute Gasteiger partial charge is 0.496 e. The molecule has 12 heteroatoms. The molecule has 1 unspecified atom stereocenters. The van der Waals surface area contributed by atoms with Gasteiger partial charge in [0.2, 0.25) is 11.0 Å². The molecule has 0 fully saturated rings. The number of Topliss-reactive ketones (excluding diaryl/α,β-unsaturated/α-hetero) is 1. The Bertz CT molecular complexity index is 1650. The van der Waals surface area contributed by atoms with Crippen LogP contribution in [0.2, 0.25) is 0 Å². The van der Waals surface area contributed by atoms with Crippen molar-refractivity contribution >= 4 is 45.6 Å². The van der Waals surface area contributed by atoms with Crippen molar-refractivity contribution in [3.8, 4) is 17.6 Å². The zero-order valence-corrected chi connectivity index (χ0v) is 25.3. The number of ketones is 1. The fourth-order valence-corrected chi connectivity index (χ4v) is 7.04. The van der Waals surface area contributed by atoms with Crippen molar-refractivity contribution in [1.82, 2.24) is 10.2 Å². The number of ether oxygens (including phenoxy) is 2. The third kappa shape index (κ3) is 5.57. The van der Waals surface area contributed by atoms with Gasteiger partial charge in [0.05, 0.1) is 43.2 Å². The zero-order chi connectivity index (χ0) is 30.0. The van der Waals surface area contributed by atoms with Crippen LogP contribution in [0.1, 0.15) is 38.2 Å². The Balaban J connectivity index is 1.48. The van der Waals surface area contributed by atoms with Crippen molar-refractivity contribution in [2.45, 2.75) is 36.9 Å². The molecular weight excluding hydrogens is 573 g/mol. The van der Waals surface area contributed by atoms with Gasteiger partial charge >= 0.3 is 0 Å². The highest BCUT2D eigenvalue weighted by Gasteiger charge is 2.46. The summed E-state index contributed by atoms with van der Waals surface area (Å²) < 4.78 is 11.5. The number of aromatic nitrogens is 2. The highest BCUT2D eigenvalue weighted by Crippen LogP contribution is 2.52. The predicted molar refractivity (Wildman–Crippen MR) is 162 cm³/mol. The maximum atomic E-state index is 13.8. The smallest absolute Gasteiger partial charge is 0.234 e. The van der Waals surface area contributed by atoms with E-state index in [1.165, 1.54) is 23.1 Å². The summed E-state index contributed by atoms with van der Waals surface area (Å²) in [6.45, 7) is 4.07. The Morgan fingerprint density at radius 2 is 1.83 bits per heavy atom. The van der Waals surface area contributed by atoms with Gasteiger partial charge in [-0.15, -0.1) is 10.2 Å². The second-order valence-corrected chi connectivity index (χ2v) is 12.8. The van der Waals surface area contributed by atoms with Gasteiger partial charge in [0, 0.05) is 23.3 Å². The third-order valence-corrected chi connectivity index (χ3v) is 9.17. The van der Waals surface area contributed by atoms with Gasteiger partial charge in [0.15, 0.2) is 10.1 Å². The van der Waals surface area contributed by atoms with Crippen molar-refractivity contribution in [2.24, 2.45) is 11.1 Å². The van der Waals surface area contributed by atoms with Gasteiger partial charge in [-0.05, 0) is 30.0 Å². The Kier molecular flexibility index (Phi) is 8.24. The number of nitrogens with one attached hydrogen (secondary N) is 1. The molecule has 5 rings (SSSR count). The number of anilines is 2. The average molecular weight is 603 g/mol. The summed E-state index contributed by atoms with van der Waals surface area (Å²) in [7, 11) is 3.10. The SMILES string of the molecule is COc1ccccc1NC(=O)CSc1nnc(N2C(N)=C(C#N)C(c3ccccc3OC)C3=C2CC(C)(C)CC3=O)s1. The molecule has 1 aliphatic carbocycles. The van der Waals surface area contributed by atoms with Crippen LogP contribution in [-0.4, -0.2) is 41.9 Å². The number of para-hydroxylation sites is 3. The first kappa shape index (κ1) is 29.2. The number of allylic oxidation sites excluding steroid dienone is 3. The van der Waals surface area contributed by atoms with E-state index in [2.05, 4.69) is 21.6 Å². The molecule has 2 heterocycles. The van der Waals surface area contributed by atoms with Crippen LogP contribution >= 0.6 is 23.1 Å². The highest BCUT2D eigenvalue weighted by atomic mass is 32.2. The minimum atomic E-state index is -0.665. The van der Waals surface area contributed by atoms with E-state index in [4.69, 9.17) is 15.2 Å². The maximum absolute atomic E-state index is 13.8. The predicted octanol–water partition coefficient (Wildman–Crippen LogP) is 5.23. The summed E-state index contributed by atoms with van der Waals surface area (Å²) in [4.78, 5) is 28.1. The minimum absolute atomic E-state index is 0.0467. The average Bonchev–Trinajstić information content (AvgIpc) is 3.43. The van der Waals surface area contributed by atoms with Crippen molar-refractivity contribution < 1.29 is 19.1 Å². The van der Waals surface area contributed by atoms with Crippen LogP contribution in [-0.2, 0) is 9.59 Å². The molecule has 2 aliphatic rings. The van der Waals surface area contributed by atoms with Crippen molar-refractivity contribution in [1.29, 1.82) is 5.26 Å². The molecule has 42 heavy (non-hydrogen) atoms. The zero-order valence-electron chi connectivity index (χ0n) is 23.6. The lowest BCUT2D eigenvalue weighted by atomic mass is 9.68. The molecule has 1 atom stereocenters. The topological polar surface area (TPSA) is 143 Å². The molecule has 1 aromatic heterocycles. The molecule has 10 nitrogen and oxygen atoms in total. The first-order chi connectivity index (χ1) is 20.2. The maximum Gasteiger partial charge on any atom is 0.234 e. The quantitative estimate of drug-likeness (QED) is 0.329. The van der Waals surface area contributed by atoms with Crippen LogP contribution < -0.4 is 25.4 Å². The van der Waals surface area contributed by atoms with Crippen molar-refractivity contribution in [2.75, 3.05) is 30.2 Å². The second-order valence-electron chi connectivity index (χ2n) is 10.6. The molecule has 2 aromatic carbocycles. The molecule has 0 bridgehead atoms. The Morgan fingerprint density at radius 1 is 1.14 bits per heavy atom. The molecule has 0 saturated carbocycles. The lowest BCUT2D eigenvalue weighted by Crippen LogP contribution is -2.42. The van der Waals surface area contributed by atoms with Crippen molar-refractivity contribution in [3.05, 3.63) is 76.8 Å². The van der Waals surface area contributed by atoms with Crippen LogP contribution in [0.15, 0.2) is 75.5 Å². The Morgan fingerprint density at radius 3 is 2.55 bits per heavy atom. The highest BCUT2D eigenvalue weighted by molar-refractivity contribution is 8.01. The summed E-state index contributed by atoms with van der Waals surface area (Å²) in [5, 5.41) is 22.3. The van der Waals surface area contributed by atoms with E-state index in [1.807, 2.05) is 50.2 Å².